The summed E-state index contributed by atoms with van der Waals surface area (Å²) in [5.74, 6) is 1.18. The molecule has 3 heteroatoms. The van der Waals surface area contributed by atoms with E-state index in [2.05, 4.69) is 80.9 Å². The minimum absolute atomic E-state index is 0.455. The molecule has 0 radical (unpaired) electrons. The van der Waals surface area contributed by atoms with E-state index < -0.39 is 8.07 Å². The minimum Gasteiger partial charge on any atom is -0.489 e. The van der Waals surface area contributed by atoms with Gasteiger partial charge >= 0.3 is 0 Å². The van der Waals surface area contributed by atoms with Crippen LogP contribution in [0.15, 0.2) is 55.1 Å². The summed E-state index contributed by atoms with van der Waals surface area (Å²) in [5, 5.41) is 1.51. The van der Waals surface area contributed by atoms with E-state index in [0.29, 0.717) is 12.1 Å². The first-order chi connectivity index (χ1) is 18.5. The van der Waals surface area contributed by atoms with E-state index >= 15 is 0 Å². The lowest BCUT2D eigenvalue weighted by Gasteiger charge is -2.33. The number of allylic oxidation sites excluding steroid dienone is 1. The van der Waals surface area contributed by atoms with E-state index in [9.17, 15) is 0 Å². The van der Waals surface area contributed by atoms with Crippen molar-refractivity contribution < 1.29 is 4.74 Å². The van der Waals surface area contributed by atoms with Crippen molar-refractivity contribution in [1.29, 1.82) is 0 Å². The van der Waals surface area contributed by atoms with E-state index in [0.717, 1.165) is 6.42 Å². The van der Waals surface area contributed by atoms with Crippen molar-refractivity contribution in [2.75, 3.05) is 19.7 Å². The summed E-state index contributed by atoms with van der Waals surface area (Å²) in [6.45, 7) is 16.7. The third-order valence-corrected chi connectivity index (χ3v) is 12.5. The summed E-state index contributed by atoms with van der Waals surface area (Å²) < 4.78 is 6.59. The fourth-order valence-electron chi connectivity index (χ4n) is 6.53. The molecule has 1 heterocycles. The molecule has 0 bridgehead atoms. The van der Waals surface area contributed by atoms with E-state index in [1.807, 2.05) is 6.08 Å². The molecular formula is C35H51NOSi. The zero-order valence-corrected chi connectivity index (χ0v) is 25.7. The molecule has 1 saturated heterocycles. The normalized spacial score (nSPS) is 17.3. The molecule has 1 aliphatic carbocycles. The average Bonchev–Trinajstić information content (AvgIpc) is 3.34. The summed E-state index contributed by atoms with van der Waals surface area (Å²) in [4.78, 5) is 2.67. The van der Waals surface area contributed by atoms with Gasteiger partial charge in [-0.1, -0.05) is 108 Å². The number of fused-ring (bicyclic) bond motifs is 1. The van der Waals surface area contributed by atoms with Crippen LogP contribution in [0, 0.1) is 0 Å². The van der Waals surface area contributed by atoms with Crippen LogP contribution in [-0.4, -0.2) is 32.7 Å². The van der Waals surface area contributed by atoms with Gasteiger partial charge in [-0.25, -0.2) is 0 Å². The summed E-state index contributed by atoms with van der Waals surface area (Å²) >= 11 is 0. The van der Waals surface area contributed by atoms with Gasteiger partial charge in [0.2, 0.25) is 0 Å². The van der Waals surface area contributed by atoms with Crippen molar-refractivity contribution in [2.45, 2.75) is 103 Å². The molecule has 1 fully saturated rings. The zero-order valence-electron chi connectivity index (χ0n) is 24.7. The van der Waals surface area contributed by atoms with Gasteiger partial charge in [0.1, 0.15) is 12.4 Å². The van der Waals surface area contributed by atoms with E-state index in [-0.39, 0.29) is 0 Å². The lowest BCUT2D eigenvalue weighted by Crippen LogP contribution is -2.48. The fraction of sp³-hybridized carbons (Fsp3) is 0.543. The first-order valence-electron chi connectivity index (χ1n) is 15.5. The third kappa shape index (κ3) is 6.47. The quantitative estimate of drug-likeness (QED) is 0.138. The van der Waals surface area contributed by atoms with Gasteiger partial charge in [-0.3, -0.25) is 0 Å². The second-order valence-electron chi connectivity index (χ2n) is 12.0. The Morgan fingerprint density at radius 3 is 2.37 bits per heavy atom. The standard InChI is InChI=1S/C35H51NOSi/c1-6-9-12-18-28-25-29(19-13-10-7-2)35(37-24-8-3)34(26-28)38(4,5)33-27-32(36-22-16-11-17-23-36)30-20-14-15-21-31(30)33/h8,14-15,20-21,25-27,33H,3,6-7,9-13,16-19,22-24H2,1-2,4-5H3. The topological polar surface area (TPSA) is 12.5 Å². The Morgan fingerprint density at radius 1 is 0.947 bits per heavy atom. The highest BCUT2D eigenvalue weighted by molar-refractivity contribution is 6.92. The van der Waals surface area contributed by atoms with Crippen LogP contribution < -0.4 is 9.92 Å². The van der Waals surface area contributed by atoms with Gasteiger partial charge in [0.25, 0.3) is 0 Å². The molecule has 0 aromatic heterocycles. The molecule has 206 valence electrons. The van der Waals surface area contributed by atoms with Crippen LogP contribution >= 0.6 is 0 Å². The van der Waals surface area contributed by atoms with Crippen LogP contribution in [0.1, 0.15) is 99.4 Å². The number of likely N-dealkylation sites (tertiary alicyclic amines) is 1. The second kappa shape index (κ2) is 13.7. The van der Waals surface area contributed by atoms with Gasteiger partial charge in [-0.15, -0.1) is 0 Å². The molecule has 0 saturated carbocycles. The Kier molecular flexibility index (Phi) is 10.4. The predicted octanol–water partition coefficient (Wildman–Crippen LogP) is 8.80. The number of benzene rings is 2. The van der Waals surface area contributed by atoms with Crippen LogP contribution in [-0.2, 0) is 12.8 Å². The smallest absolute Gasteiger partial charge is 0.122 e. The minimum atomic E-state index is -2.02. The van der Waals surface area contributed by atoms with Crippen molar-refractivity contribution in [2.24, 2.45) is 0 Å². The van der Waals surface area contributed by atoms with Crippen LogP contribution in [0.2, 0.25) is 13.1 Å². The number of aryl methyl sites for hydroxylation is 2. The van der Waals surface area contributed by atoms with Crippen molar-refractivity contribution in [3.8, 4) is 5.75 Å². The molecule has 2 aromatic rings. The lowest BCUT2D eigenvalue weighted by atomic mass is 10.00. The van der Waals surface area contributed by atoms with Crippen LogP contribution in [0.5, 0.6) is 5.75 Å². The largest absolute Gasteiger partial charge is 0.489 e. The molecule has 38 heavy (non-hydrogen) atoms. The molecule has 0 amide bonds. The highest BCUT2D eigenvalue weighted by Gasteiger charge is 2.41. The lowest BCUT2D eigenvalue weighted by molar-refractivity contribution is 0.326. The van der Waals surface area contributed by atoms with Crippen molar-refractivity contribution in [1.82, 2.24) is 4.90 Å². The first kappa shape index (κ1) is 28.7. The van der Waals surface area contributed by atoms with Crippen molar-refractivity contribution in [3.05, 3.63) is 77.4 Å². The second-order valence-corrected chi connectivity index (χ2v) is 16.6. The van der Waals surface area contributed by atoms with E-state index in [4.69, 9.17) is 4.74 Å². The van der Waals surface area contributed by atoms with Gasteiger partial charge in [-0.2, -0.15) is 0 Å². The highest BCUT2D eigenvalue weighted by Crippen LogP contribution is 2.44. The molecule has 2 nitrogen and oxygen atoms in total. The average molecular weight is 530 g/mol. The fourth-order valence-corrected chi connectivity index (χ4v) is 9.85. The van der Waals surface area contributed by atoms with E-state index in [1.165, 1.54) is 116 Å². The van der Waals surface area contributed by atoms with Crippen molar-refractivity contribution in [3.63, 3.8) is 0 Å². The Morgan fingerprint density at radius 2 is 1.66 bits per heavy atom. The number of hydrogen-bond acceptors (Lipinski definition) is 2. The molecule has 2 aromatic carbocycles. The third-order valence-electron chi connectivity index (χ3n) is 8.75. The monoisotopic (exact) mass is 529 g/mol. The summed E-state index contributed by atoms with van der Waals surface area (Å²) in [7, 11) is -2.02. The van der Waals surface area contributed by atoms with Crippen LogP contribution in [0.3, 0.4) is 0 Å². The number of rotatable bonds is 14. The first-order valence-corrected chi connectivity index (χ1v) is 18.5. The van der Waals surface area contributed by atoms with Crippen molar-refractivity contribution >= 4 is 19.0 Å². The Balaban J connectivity index is 1.80. The number of hydrogen-bond donors (Lipinski definition) is 0. The predicted molar refractivity (Wildman–Crippen MR) is 168 cm³/mol. The van der Waals surface area contributed by atoms with Crippen LogP contribution in [0.4, 0.5) is 0 Å². The molecular weight excluding hydrogens is 478 g/mol. The number of unbranched alkanes of at least 4 members (excludes halogenated alkanes) is 4. The van der Waals surface area contributed by atoms with Gasteiger partial charge in [0, 0.05) is 29.9 Å². The summed E-state index contributed by atoms with van der Waals surface area (Å²) in [6.07, 6.45) is 18.4. The molecule has 0 spiro atoms. The van der Waals surface area contributed by atoms with Gasteiger partial charge in [-0.05, 0) is 66.8 Å². The molecule has 2 aliphatic rings. The Hall–Kier alpha value is -2.26. The summed E-state index contributed by atoms with van der Waals surface area (Å²) in [5.41, 5.74) is 7.88. The van der Waals surface area contributed by atoms with Gasteiger partial charge in [0.05, 0.1) is 8.07 Å². The number of piperidine rings is 1. The summed E-state index contributed by atoms with van der Waals surface area (Å²) in [6, 6.07) is 14.3. The maximum Gasteiger partial charge on any atom is 0.122 e. The number of nitrogens with zero attached hydrogens (tertiary/aromatic N) is 1. The molecule has 1 unspecified atom stereocenters. The SMILES string of the molecule is C=CCOc1c(CCCCC)cc(CCCCC)cc1[Si](C)(C)C1C=C(N2CCCCC2)c2ccccc21. The Bertz CT molecular complexity index is 1100. The molecule has 4 rings (SSSR count). The zero-order chi connectivity index (χ0) is 27.0. The number of ether oxygens (including phenoxy) is 1. The Labute approximate surface area is 234 Å². The molecule has 0 N–H and O–H groups in total. The highest BCUT2D eigenvalue weighted by atomic mass is 28.3. The maximum absolute atomic E-state index is 6.59. The molecule has 1 aliphatic heterocycles. The van der Waals surface area contributed by atoms with E-state index in [1.54, 1.807) is 0 Å². The van der Waals surface area contributed by atoms with Crippen LogP contribution in [0.25, 0.3) is 5.70 Å². The molecule has 1 atom stereocenters. The van der Waals surface area contributed by atoms with Gasteiger partial charge in [0.15, 0.2) is 0 Å². The maximum atomic E-state index is 6.59. The van der Waals surface area contributed by atoms with Gasteiger partial charge < -0.3 is 9.64 Å².